The van der Waals surface area contributed by atoms with Gasteiger partial charge in [-0.25, -0.2) is 0 Å². The Morgan fingerprint density at radius 3 is 0.611 bits per heavy atom. The summed E-state index contributed by atoms with van der Waals surface area (Å²) in [5.41, 5.74) is 5.57. The highest BCUT2D eigenvalue weighted by molar-refractivity contribution is 5.35. The molecule has 0 unspecified atom stereocenters. The minimum atomic E-state index is 1.39. The summed E-state index contributed by atoms with van der Waals surface area (Å²) in [5.74, 6) is 0. The quantitative estimate of drug-likeness (QED) is 0.466. The second-order valence-corrected chi connectivity index (χ2v) is 3.02. The first-order valence-corrected chi connectivity index (χ1v) is 7.65. The van der Waals surface area contributed by atoms with Gasteiger partial charge in [-0.15, -0.1) is 0 Å². The van der Waals surface area contributed by atoms with Gasteiger partial charge in [-0.3, -0.25) is 0 Å². The molecule has 0 amide bonds. The second-order valence-electron chi connectivity index (χ2n) is 3.02. The van der Waals surface area contributed by atoms with Crippen molar-refractivity contribution in [3.8, 4) is 0 Å². The molecule has 18 heavy (non-hydrogen) atoms. The van der Waals surface area contributed by atoms with Gasteiger partial charge in [0.05, 0.1) is 0 Å². The van der Waals surface area contributed by atoms with E-state index in [2.05, 4.69) is 39.8 Å². The van der Waals surface area contributed by atoms with Gasteiger partial charge in [0.2, 0.25) is 0 Å². The molecule has 0 aliphatic carbocycles. The van der Waals surface area contributed by atoms with Gasteiger partial charge >= 0.3 is 0 Å². The molecule has 0 heteroatoms. The molecule has 0 radical (unpaired) electrons. The van der Waals surface area contributed by atoms with E-state index in [-0.39, 0.29) is 0 Å². The molecule has 0 N–H and O–H groups in total. The largest absolute Gasteiger partial charge is 0.0683 e. The molecular weight excluding hydrogens is 216 g/mol. The second kappa shape index (κ2) is 21.5. The zero-order chi connectivity index (χ0) is 15.7. The summed E-state index contributed by atoms with van der Waals surface area (Å²) in [5, 5.41) is 0. The fourth-order valence-corrected chi connectivity index (χ4v) is 1.10. The maximum Gasteiger partial charge on any atom is -0.0395 e. The van der Waals surface area contributed by atoms with Crippen molar-refractivity contribution in [1.29, 1.82) is 0 Å². The number of rotatable bonds is 0. The van der Waals surface area contributed by atoms with Crippen molar-refractivity contribution in [2.24, 2.45) is 0 Å². The van der Waals surface area contributed by atoms with Gasteiger partial charge in [0, 0.05) is 0 Å². The van der Waals surface area contributed by atoms with Crippen LogP contribution in [-0.4, -0.2) is 0 Å². The Kier molecular flexibility index (Phi) is 31.0. The van der Waals surface area contributed by atoms with E-state index in [1.165, 1.54) is 22.3 Å². The first kappa shape index (κ1) is 25.9. The van der Waals surface area contributed by atoms with Crippen LogP contribution in [-0.2, 0) is 0 Å². The molecule has 0 spiro atoms. The molecule has 0 atom stereocenters. The van der Waals surface area contributed by atoms with Crippen LogP contribution < -0.4 is 0 Å². The van der Waals surface area contributed by atoms with Crippen molar-refractivity contribution in [3.05, 3.63) is 34.4 Å². The molecule has 0 aliphatic heterocycles. The lowest BCUT2D eigenvalue weighted by Gasteiger charge is -2.04. The van der Waals surface area contributed by atoms with Crippen LogP contribution in [0.1, 0.15) is 77.6 Å². The Bertz CT molecular complexity index is 196. The van der Waals surface area contributed by atoms with Crippen molar-refractivity contribution < 1.29 is 0 Å². The maximum absolute atomic E-state index is 2.24. The monoisotopic (exact) mass is 254 g/mol. The Labute approximate surface area is 118 Å². The van der Waals surface area contributed by atoms with Crippen molar-refractivity contribution >= 4 is 0 Å². The molecule has 0 aromatic heterocycles. The van der Waals surface area contributed by atoms with E-state index in [4.69, 9.17) is 0 Å². The molecule has 0 bridgehead atoms. The van der Waals surface area contributed by atoms with Crippen LogP contribution in [0.3, 0.4) is 0 Å². The molecular formula is C18H38. The third-order valence-corrected chi connectivity index (χ3v) is 2.11. The van der Waals surface area contributed by atoms with E-state index in [1.54, 1.807) is 0 Å². The summed E-state index contributed by atoms with van der Waals surface area (Å²) < 4.78 is 0. The van der Waals surface area contributed by atoms with Crippen molar-refractivity contribution in [2.45, 2.75) is 83.1 Å². The lowest BCUT2D eigenvalue weighted by atomic mass is 10.0. The van der Waals surface area contributed by atoms with Gasteiger partial charge in [-0.2, -0.15) is 0 Å². The average Bonchev–Trinajstić information content (AvgIpc) is 2.45. The fraction of sp³-hybridized carbons (Fsp3) is 0.667. The number of aryl methyl sites for hydroxylation is 4. The van der Waals surface area contributed by atoms with Crippen molar-refractivity contribution in [2.75, 3.05) is 0 Å². The van der Waals surface area contributed by atoms with Crippen molar-refractivity contribution in [3.63, 3.8) is 0 Å². The molecule has 0 heterocycles. The predicted octanol–water partition coefficient (Wildman–Crippen LogP) is 7.03. The first-order valence-electron chi connectivity index (χ1n) is 7.65. The van der Waals surface area contributed by atoms with Gasteiger partial charge in [-0.1, -0.05) is 67.5 Å². The summed E-state index contributed by atoms with van der Waals surface area (Å²) in [6, 6.07) is 4.48. The van der Waals surface area contributed by atoms with E-state index in [0.29, 0.717) is 0 Å². The van der Waals surface area contributed by atoms with E-state index >= 15 is 0 Å². The predicted molar refractivity (Wildman–Crippen MR) is 90.8 cm³/mol. The summed E-state index contributed by atoms with van der Waals surface area (Å²) >= 11 is 0. The highest BCUT2D eigenvalue weighted by Crippen LogP contribution is 2.13. The lowest BCUT2D eigenvalue weighted by Crippen LogP contribution is -1.86. The topological polar surface area (TPSA) is 0 Å². The van der Waals surface area contributed by atoms with E-state index < -0.39 is 0 Å². The zero-order valence-electron chi connectivity index (χ0n) is 15.2. The first-order chi connectivity index (χ1) is 8.61. The van der Waals surface area contributed by atoms with Crippen LogP contribution in [0.2, 0.25) is 0 Å². The van der Waals surface area contributed by atoms with E-state index in [1.807, 2.05) is 55.4 Å². The molecule has 0 aliphatic rings. The summed E-state index contributed by atoms with van der Waals surface area (Å²) in [6.45, 7) is 24.6. The lowest BCUT2D eigenvalue weighted by molar-refractivity contribution is 1.24. The van der Waals surface area contributed by atoms with Gasteiger partial charge in [0.1, 0.15) is 0 Å². The maximum atomic E-state index is 2.24. The normalized spacial score (nSPS) is 6.89. The Morgan fingerprint density at radius 1 is 0.389 bits per heavy atom. The molecule has 110 valence electrons. The number of hydrogen-bond donors (Lipinski definition) is 0. The van der Waals surface area contributed by atoms with Crippen LogP contribution in [0.5, 0.6) is 0 Å². The highest BCUT2D eigenvalue weighted by Gasteiger charge is 1.95. The minimum absolute atomic E-state index is 1.39. The SMILES string of the molecule is CC.CC.CC.CC.Cc1cc(C)c(C)cc1C. The van der Waals surface area contributed by atoms with Gasteiger partial charge in [-0.05, 0) is 49.9 Å². The third-order valence-electron chi connectivity index (χ3n) is 2.11. The van der Waals surface area contributed by atoms with E-state index in [9.17, 15) is 0 Å². The average molecular weight is 255 g/mol. The molecule has 0 nitrogen and oxygen atoms in total. The van der Waals surface area contributed by atoms with Crippen LogP contribution >= 0.6 is 0 Å². The van der Waals surface area contributed by atoms with Crippen LogP contribution in [0, 0.1) is 27.7 Å². The van der Waals surface area contributed by atoms with Crippen molar-refractivity contribution in [1.82, 2.24) is 0 Å². The Hall–Kier alpha value is -0.780. The summed E-state index contributed by atoms with van der Waals surface area (Å²) in [4.78, 5) is 0. The number of benzene rings is 1. The minimum Gasteiger partial charge on any atom is -0.0683 e. The van der Waals surface area contributed by atoms with E-state index in [0.717, 1.165) is 0 Å². The molecule has 1 aromatic rings. The van der Waals surface area contributed by atoms with Gasteiger partial charge in [0.25, 0.3) is 0 Å². The van der Waals surface area contributed by atoms with Gasteiger partial charge in [0.15, 0.2) is 0 Å². The smallest absolute Gasteiger partial charge is 0.0395 e. The van der Waals surface area contributed by atoms with Crippen LogP contribution in [0.4, 0.5) is 0 Å². The fourth-order valence-electron chi connectivity index (χ4n) is 1.10. The zero-order valence-corrected chi connectivity index (χ0v) is 15.2. The summed E-state index contributed by atoms with van der Waals surface area (Å²) in [6.07, 6.45) is 0. The third kappa shape index (κ3) is 13.3. The highest BCUT2D eigenvalue weighted by atomic mass is 14.0. The molecule has 0 fully saturated rings. The summed E-state index contributed by atoms with van der Waals surface area (Å²) in [7, 11) is 0. The van der Waals surface area contributed by atoms with Crippen LogP contribution in [0.25, 0.3) is 0 Å². The van der Waals surface area contributed by atoms with Gasteiger partial charge < -0.3 is 0 Å². The Morgan fingerprint density at radius 2 is 0.500 bits per heavy atom. The molecule has 1 rings (SSSR count). The Balaban J connectivity index is -0.000000105. The molecule has 0 saturated heterocycles. The standard InChI is InChI=1S/C10H14.4C2H6/c1-7-5-9(3)10(4)6-8(7)2;4*1-2/h5-6H,1-4H3;4*1-2H3. The molecule has 1 aromatic carbocycles. The number of hydrogen-bond acceptors (Lipinski definition) is 0. The van der Waals surface area contributed by atoms with Crippen LogP contribution in [0.15, 0.2) is 12.1 Å². The molecule has 0 saturated carbocycles.